The SMILES string of the molecule is Cc1cc(C)c(C(=O)c2cscn2)c(C)c1. The predicted octanol–water partition coefficient (Wildman–Crippen LogP) is 3.30. The lowest BCUT2D eigenvalue weighted by Crippen LogP contribution is -2.07. The lowest BCUT2D eigenvalue weighted by Gasteiger charge is -2.08. The van der Waals surface area contributed by atoms with Crippen LogP contribution in [0.2, 0.25) is 0 Å². The Kier molecular flexibility index (Phi) is 2.88. The van der Waals surface area contributed by atoms with Crippen LogP contribution in [0.25, 0.3) is 0 Å². The van der Waals surface area contributed by atoms with Gasteiger partial charge in [-0.2, -0.15) is 0 Å². The van der Waals surface area contributed by atoms with E-state index in [0.717, 1.165) is 16.7 Å². The number of hydrogen-bond acceptors (Lipinski definition) is 3. The third-order valence-electron chi connectivity index (χ3n) is 2.57. The molecule has 0 unspecified atom stereocenters. The van der Waals surface area contributed by atoms with Crippen molar-refractivity contribution < 1.29 is 4.79 Å². The van der Waals surface area contributed by atoms with Gasteiger partial charge in [0.15, 0.2) is 0 Å². The molecule has 0 aliphatic carbocycles. The van der Waals surface area contributed by atoms with Crippen LogP contribution in [0.4, 0.5) is 0 Å². The fourth-order valence-corrected chi connectivity index (χ4v) is 2.52. The summed E-state index contributed by atoms with van der Waals surface area (Å²) in [6.45, 7) is 5.98. The Morgan fingerprint density at radius 1 is 1.19 bits per heavy atom. The lowest BCUT2D eigenvalue weighted by atomic mass is 9.95. The van der Waals surface area contributed by atoms with Crippen LogP contribution in [0.3, 0.4) is 0 Å². The molecule has 1 aromatic heterocycles. The predicted molar refractivity (Wildman–Crippen MR) is 66.2 cm³/mol. The summed E-state index contributed by atoms with van der Waals surface area (Å²) in [6, 6.07) is 4.07. The molecule has 0 aliphatic heterocycles. The lowest BCUT2D eigenvalue weighted by molar-refractivity contribution is 0.103. The molecule has 2 aromatic rings. The fraction of sp³-hybridized carbons (Fsp3) is 0.231. The number of aryl methyl sites for hydroxylation is 3. The summed E-state index contributed by atoms with van der Waals surface area (Å²) in [5.41, 5.74) is 6.25. The average molecular weight is 231 g/mol. The molecule has 0 amide bonds. The maximum Gasteiger partial charge on any atom is 0.212 e. The Morgan fingerprint density at radius 2 is 1.81 bits per heavy atom. The van der Waals surface area contributed by atoms with Crippen LogP contribution in [-0.4, -0.2) is 10.8 Å². The molecule has 0 saturated carbocycles. The molecule has 2 nitrogen and oxygen atoms in total. The zero-order chi connectivity index (χ0) is 11.7. The number of carbonyl (C=O) groups is 1. The number of ketones is 1. The van der Waals surface area contributed by atoms with E-state index in [2.05, 4.69) is 4.98 Å². The summed E-state index contributed by atoms with van der Waals surface area (Å²) in [6.07, 6.45) is 0. The molecule has 0 N–H and O–H groups in total. The van der Waals surface area contributed by atoms with Crippen molar-refractivity contribution in [1.82, 2.24) is 4.98 Å². The van der Waals surface area contributed by atoms with Gasteiger partial charge in [-0.25, -0.2) is 4.98 Å². The number of carbonyl (C=O) groups excluding carboxylic acids is 1. The number of hydrogen-bond donors (Lipinski definition) is 0. The molecule has 1 aromatic carbocycles. The summed E-state index contributed by atoms with van der Waals surface area (Å²) in [5.74, 6) is 0.0243. The summed E-state index contributed by atoms with van der Waals surface area (Å²) in [7, 11) is 0. The van der Waals surface area contributed by atoms with E-state index in [-0.39, 0.29) is 5.78 Å². The van der Waals surface area contributed by atoms with E-state index < -0.39 is 0 Å². The quantitative estimate of drug-likeness (QED) is 0.742. The zero-order valence-electron chi connectivity index (χ0n) is 9.57. The zero-order valence-corrected chi connectivity index (χ0v) is 10.4. The minimum Gasteiger partial charge on any atom is -0.287 e. The van der Waals surface area contributed by atoms with Gasteiger partial charge in [0.05, 0.1) is 5.51 Å². The number of rotatable bonds is 2. The van der Waals surface area contributed by atoms with Gasteiger partial charge in [0.25, 0.3) is 0 Å². The summed E-state index contributed by atoms with van der Waals surface area (Å²) in [4.78, 5) is 16.3. The highest BCUT2D eigenvalue weighted by molar-refractivity contribution is 7.07. The first-order valence-electron chi connectivity index (χ1n) is 5.10. The van der Waals surface area contributed by atoms with Gasteiger partial charge < -0.3 is 0 Å². The van der Waals surface area contributed by atoms with Gasteiger partial charge in [-0.05, 0) is 31.9 Å². The van der Waals surface area contributed by atoms with Crippen LogP contribution in [0.1, 0.15) is 32.7 Å². The molecule has 0 fully saturated rings. The van der Waals surface area contributed by atoms with Crippen molar-refractivity contribution >= 4 is 17.1 Å². The second kappa shape index (κ2) is 4.18. The van der Waals surface area contributed by atoms with E-state index in [0.29, 0.717) is 5.69 Å². The summed E-state index contributed by atoms with van der Waals surface area (Å²) in [5, 5.41) is 1.79. The van der Waals surface area contributed by atoms with E-state index in [9.17, 15) is 4.79 Å². The second-order valence-corrected chi connectivity index (χ2v) is 4.70. The first-order valence-corrected chi connectivity index (χ1v) is 6.04. The monoisotopic (exact) mass is 231 g/mol. The van der Waals surface area contributed by atoms with Gasteiger partial charge in [-0.3, -0.25) is 4.79 Å². The molecule has 82 valence electrons. The van der Waals surface area contributed by atoms with Crippen molar-refractivity contribution in [3.8, 4) is 0 Å². The molecule has 0 aliphatic rings. The topological polar surface area (TPSA) is 30.0 Å². The Balaban J connectivity index is 2.53. The van der Waals surface area contributed by atoms with Crippen LogP contribution in [-0.2, 0) is 0 Å². The van der Waals surface area contributed by atoms with Crippen molar-refractivity contribution in [2.24, 2.45) is 0 Å². The summed E-state index contributed by atoms with van der Waals surface area (Å²) < 4.78 is 0. The Bertz CT molecular complexity index is 506. The molecule has 0 radical (unpaired) electrons. The Morgan fingerprint density at radius 3 is 2.31 bits per heavy atom. The van der Waals surface area contributed by atoms with Crippen molar-refractivity contribution in [2.45, 2.75) is 20.8 Å². The third-order valence-corrected chi connectivity index (χ3v) is 3.16. The molecular formula is C13H13NOS. The first-order chi connectivity index (χ1) is 7.59. The molecule has 0 bridgehead atoms. The van der Waals surface area contributed by atoms with Gasteiger partial charge in [-0.1, -0.05) is 17.7 Å². The van der Waals surface area contributed by atoms with Crippen molar-refractivity contribution in [2.75, 3.05) is 0 Å². The maximum absolute atomic E-state index is 12.2. The molecule has 0 spiro atoms. The average Bonchev–Trinajstić information content (AvgIpc) is 2.67. The molecule has 0 atom stereocenters. The number of aromatic nitrogens is 1. The van der Waals surface area contributed by atoms with Crippen molar-refractivity contribution in [1.29, 1.82) is 0 Å². The minimum atomic E-state index is 0.0243. The maximum atomic E-state index is 12.2. The molecule has 0 saturated heterocycles. The molecule has 1 heterocycles. The standard InChI is InChI=1S/C13H13NOS/c1-8-4-9(2)12(10(3)5-8)13(15)11-6-16-7-14-11/h4-7H,1-3H3. The summed E-state index contributed by atoms with van der Waals surface area (Å²) >= 11 is 1.45. The van der Waals surface area contributed by atoms with E-state index in [1.54, 1.807) is 10.9 Å². The van der Waals surface area contributed by atoms with E-state index in [1.165, 1.54) is 16.9 Å². The number of thiazole rings is 1. The van der Waals surface area contributed by atoms with Crippen molar-refractivity contribution in [3.05, 3.63) is 51.0 Å². The molecule has 16 heavy (non-hydrogen) atoms. The van der Waals surface area contributed by atoms with Crippen molar-refractivity contribution in [3.63, 3.8) is 0 Å². The second-order valence-electron chi connectivity index (χ2n) is 3.98. The van der Waals surface area contributed by atoms with Gasteiger partial charge in [0.1, 0.15) is 5.69 Å². The highest BCUT2D eigenvalue weighted by atomic mass is 32.1. The molecular weight excluding hydrogens is 218 g/mol. The van der Waals surface area contributed by atoms with Crippen LogP contribution in [0.5, 0.6) is 0 Å². The van der Waals surface area contributed by atoms with Gasteiger partial charge in [0, 0.05) is 10.9 Å². The fourth-order valence-electron chi connectivity index (χ4n) is 1.99. The first kappa shape index (κ1) is 11.0. The largest absolute Gasteiger partial charge is 0.287 e. The Labute approximate surface area is 99.0 Å². The van der Waals surface area contributed by atoms with Crippen LogP contribution in [0.15, 0.2) is 23.0 Å². The van der Waals surface area contributed by atoms with E-state index >= 15 is 0 Å². The highest BCUT2D eigenvalue weighted by Crippen LogP contribution is 2.20. The van der Waals surface area contributed by atoms with Gasteiger partial charge >= 0.3 is 0 Å². The normalized spacial score (nSPS) is 10.4. The molecule has 3 heteroatoms. The van der Waals surface area contributed by atoms with E-state index in [1.807, 2.05) is 32.9 Å². The van der Waals surface area contributed by atoms with Crippen LogP contribution < -0.4 is 0 Å². The molecule has 2 rings (SSSR count). The minimum absolute atomic E-state index is 0.0243. The van der Waals surface area contributed by atoms with Crippen LogP contribution >= 0.6 is 11.3 Å². The van der Waals surface area contributed by atoms with Crippen LogP contribution in [0, 0.1) is 20.8 Å². The Hall–Kier alpha value is -1.48. The smallest absolute Gasteiger partial charge is 0.212 e. The highest BCUT2D eigenvalue weighted by Gasteiger charge is 2.16. The van der Waals surface area contributed by atoms with Gasteiger partial charge in [-0.15, -0.1) is 11.3 Å². The van der Waals surface area contributed by atoms with Gasteiger partial charge in [0.2, 0.25) is 5.78 Å². The number of benzene rings is 1. The third kappa shape index (κ3) is 1.91. The van der Waals surface area contributed by atoms with E-state index in [4.69, 9.17) is 0 Å². The number of nitrogens with zero attached hydrogens (tertiary/aromatic N) is 1.